The molecular weight excluding hydrogens is 737 g/mol. The van der Waals surface area contributed by atoms with Crippen molar-refractivity contribution in [3.8, 4) is 0 Å². The molecule has 2 atom stereocenters. The number of phosphoric acid groups is 1. The molecule has 0 radical (unpaired) electrons. The van der Waals surface area contributed by atoms with E-state index in [4.69, 9.17) is 18.5 Å². The van der Waals surface area contributed by atoms with E-state index in [-0.39, 0.29) is 26.1 Å². The SMILES string of the molecule is CCCCCCC/C=C/CCCCCCCC(=O)OC[C@H](COP(=O)([O-])OCC[N+](C)(C)C)OC(=O)CCCCCCCCCCC/C=C/CCCCCCCC. The van der Waals surface area contributed by atoms with Crippen LogP contribution in [0.5, 0.6) is 0 Å². The molecule has 0 aliphatic heterocycles. The fraction of sp³-hybridized carbons (Fsp3) is 0.872. The van der Waals surface area contributed by atoms with Gasteiger partial charge in [0.2, 0.25) is 0 Å². The molecule has 0 N–H and O–H groups in total. The van der Waals surface area contributed by atoms with Gasteiger partial charge in [0.15, 0.2) is 6.10 Å². The molecule has 0 spiro atoms. The number of quaternary nitrogens is 1. The first-order chi connectivity index (χ1) is 27.5. The minimum absolute atomic E-state index is 0.0311. The molecule has 0 saturated carbocycles. The first kappa shape index (κ1) is 55.5. The van der Waals surface area contributed by atoms with Gasteiger partial charge in [0.05, 0.1) is 27.7 Å². The molecule has 1 unspecified atom stereocenters. The van der Waals surface area contributed by atoms with Crippen LogP contribution in [-0.2, 0) is 32.7 Å². The van der Waals surface area contributed by atoms with Crippen LogP contribution >= 0.6 is 7.82 Å². The maximum Gasteiger partial charge on any atom is 0.306 e. The van der Waals surface area contributed by atoms with Gasteiger partial charge in [0.25, 0.3) is 7.82 Å². The van der Waals surface area contributed by atoms with E-state index in [9.17, 15) is 19.0 Å². The number of carbonyl (C=O) groups excluding carboxylic acids is 2. The second-order valence-corrected chi connectivity index (χ2v) is 18.5. The lowest BCUT2D eigenvalue weighted by molar-refractivity contribution is -0.870. The van der Waals surface area contributed by atoms with Crippen LogP contribution in [0, 0.1) is 0 Å². The molecule has 0 aromatic carbocycles. The summed E-state index contributed by atoms with van der Waals surface area (Å²) in [7, 11) is 1.16. The molecule has 0 aliphatic carbocycles. The maximum absolute atomic E-state index is 12.7. The van der Waals surface area contributed by atoms with Gasteiger partial charge < -0.3 is 27.9 Å². The molecule has 336 valence electrons. The molecule has 9 nitrogen and oxygen atoms in total. The van der Waals surface area contributed by atoms with Crippen molar-refractivity contribution in [2.75, 3.05) is 47.5 Å². The van der Waals surface area contributed by atoms with Gasteiger partial charge in [-0.2, -0.15) is 0 Å². The average Bonchev–Trinajstić information content (AvgIpc) is 3.16. The number of rotatable bonds is 43. The van der Waals surface area contributed by atoms with Gasteiger partial charge in [-0.3, -0.25) is 14.2 Å². The van der Waals surface area contributed by atoms with Crippen molar-refractivity contribution in [2.45, 2.75) is 219 Å². The predicted octanol–water partition coefficient (Wildman–Crippen LogP) is 12.9. The lowest BCUT2D eigenvalue weighted by Gasteiger charge is -2.28. The fourth-order valence-corrected chi connectivity index (χ4v) is 7.20. The number of hydrogen-bond acceptors (Lipinski definition) is 8. The van der Waals surface area contributed by atoms with E-state index in [2.05, 4.69) is 38.2 Å². The Bertz CT molecular complexity index is 1030. The van der Waals surface area contributed by atoms with Crippen molar-refractivity contribution < 1.29 is 42.1 Å². The lowest BCUT2D eigenvalue weighted by atomic mass is 10.1. The Morgan fingerprint density at radius 3 is 1.30 bits per heavy atom. The van der Waals surface area contributed by atoms with Crippen LogP contribution in [-0.4, -0.2) is 70.0 Å². The second kappa shape index (κ2) is 39.9. The second-order valence-electron chi connectivity index (χ2n) is 17.1. The highest BCUT2D eigenvalue weighted by Gasteiger charge is 2.21. The van der Waals surface area contributed by atoms with E-state index in [1.54, 1.807) is 0 Å². The fourth-order valence-electron chi connectivity index (χ4n) is 6.47. The minimum atomic E-state index is -4.63. The van der Waals surface area contributed by atoms with Crippen LogP contribution in [0.15, 0.2) is 24.3 Å². The molecule has 10 heteroatoms. The summed E-state index contributed by atoms with van der Waals surface area (Å²) in [5.41, 5.74) is 0. The van der Waals surface area contributed by atoms with Gasteiger partial charge in [-0.25, -0.2) is 0 Å². The Morgan fingerprint density at radius 2 is 0.895 bits per heavy atom. The number of allylic oxidation sites excluding steroid dienone is 4. The number of likely N-dealkylation sites (N-methyl/N-ethyl adjacent to an activating group) is 1. The van der Waals surface area contributed by atoms with Crippen LogP contribution in [0.3, 0.4) is 0 Å². The molecule has 0 rings (SSSR count). The number of hydrogen-bond donors (Lipinski definition) is 0. The summed E-state index contributed by atoms with van der Waals surface area (Å²) >= 11 is 0. The van der Waals surface area contributed by atoms with E-state index in [1.165, 1.54) is 122 Å². The molecule has 0 bridgehead atoms. The van der Waals surface area contributed by atoms with E-state index >= 15 is 0 Å². The topological polar surface area (TPSA) is 111 Å². The predicted molar refractivity (Wildman–Crippen MR) is 236 cm³/mol. The Labute approximate surface area is 351 Å². The number of carbonyl (C=O) groups is 2. The lowest BCUT2D eigenvalue weighted by Crippen LogP contribution is -2.37. The Morgan fingerprint density at radius 1 is 0.526 bits per heavy atom. The molecule has 0 aliphatic rings. The van der Waals surface area contributed by atoms with Crippen molar-refractivity contribution in [3.63, 3.8) is 0 Å². The number of nitrogens with zero attached hydrogens (tertiary/aromatic N) is 1. The first-order valence-corrected chi connectivity index (χ1v) is 25.0. The number of unbranched alkanes of at least 4 members (excludes halogenated alkanes) is 25. The number of ether oxygens (including phenoxy) is 2. The normalized spacial score (nSPS) is 13.7. The molecule has 0 heterocycles. The smallest absolute Gasteiger partial charge is 0.306 e. The first-order valence-electron chi connectivity index (χ1n) is 23.5. The summed E-state index contributed by atoms with van der Waals surface area (Å²) in [5, 5.41) is 0. The summed E-state index contributed by atoms with van der Waals surface area (Å²) < 4.78 is 33.9. The zero-order chi connectivity index (χ0) is 42.1. The monoisotopic (exact) mass is 828 g/mol. The van der Waals surface area contributed by atoms with Crippen LogP contribution in [0.25, 0.3) is 0 Å². The standard InChI is InChI=1S/C47H90NO8P/c1-6-8-10-12-14-16-18-20-22-23-24-25-26-28-30-32-34-36-38-40-47(50)56-45(44-55-57(51,52)54-42-41-48(3,4)5)43-53-46(49)39-37-35-33-31-29-27-21-19-17-15-13-11-9-7-2/h19-22,45H,6-18,23-44H2,1-5H3/b21-19+,22-20+/t45-/m1/s1. The molecule has 0 saturated heterocycles. The average molecular weight is 828 g/mol. The van der Waals surface area contributed by atoms with E-state index in [0.29, 0.717) is 17.4 Å². The van der Waals surface area contributed by atoms with Crippen molar-refractivity contribution >= 4 is 19.8 Å². The van der Waals surface area contributed by atoms with Crippen LogP contribution < -0.4 is 4.89 Å². The highest BCUT2D eigenvalue weighted by Crippen LogP contribution is 2.38. The molecular formula is C47H90NO8P. The van der Waals surface area contributed by atoms with Gasteiger partial charge in [-0.15, -0.1) is 0 Å². The van der Waals surface area contributed by atoms with Gasteiger partial charge in [0.1, 0.15) is 19.8 Å². The summed E-state index contributed by atoms with van der Waals surface area (Å²) in [4.78, 5) is 37.6. The quantitative estimate of drug-likeness (QED) is 0.0196. The Hall–Kier alpha value is -1.51. The number of phosphoric ester groups is 1. The van der Waals surface area contributed by atoms with Gasteiger partial charge in [0, 0.05) is 12.8 Å². The van der Waals surface area contributed by atoms with Crippen molar-refractivity contribution in [2.24, 2.45) is 0 Å². The zero-order valence-corrected chi connectivity index (χ0v) is 38.7. The van der Waals surface area contributed by atoms with E-state index < -0.39 is 32.5 Å². The molecule has 0 aromatic rings. The molecule has 57 heavy (non-hydrogen) atoms. The minimum Gasteiger partial charge on any atom is -0.756 e. The third-order valence-electron chi connectivity index (χ3n) is 10.2. The van der Waals surface area contributed by atoms with Crippen LogP contribution in [0.4, 0.5) is 0 Å². The third kappa shape index (κ3) is 43.9. The van der Waals surface area contributed by atoms with E-state index in [1.807, 2.05) is 21.1 Å². The third-order valence-corrected chi connectivity index (χ3v) is 11.2. The van der Waals surface area contributed by atoms with Gasteiger partial charge in [-0.1, -0.05) is 160 Å². The molecule has 0 amide bonds. The Kier molecular flexibility index (Phi) is 38.9. The summed E-state index contributed by atoms with van der Waals surface area (Å²) in [6.07, 6.45) is 43.4. The summed E-state index contributed by atoms with van der Waals surface area (Å²) in [6, 6.07) is 0. The van der Waals surface area contributed by atoms with Crippen molar-refractivity contribution in [1.82, 2.24) is 0 Å². The van der Waals surface area contributed by atoms with Crippen LogP contribution in [0.1, 0.15) is 213 Å². The number of esters is 2. The highest BCUT2D eigenvalue weighted by molar-refractivity contribution is 7.45. The zero-order valence-electron chi connectivity index (χ0n) is 37.8. The van der Waals surface area contributed by atoms with Crippen LogP contribution in [0.2, 0.25) is 0 Å². The summed E-state index contributed by atoms with van der Waals surface area (Å²) in [5.74, 6) is -0.841. The molecule has 0 fully saturated rings. The van der Waals surface area contributed by atoms with E-state index in [0.717, 1.165) is 57.8 Å². The largest absolute Gasteiger partial charge is 0.756 e. The summed E-state index contributed by atoms with van der Waals surface area (Å²) in [6.45, 7) is 4.22. The van der Waals surface area contributed by atoms with Gasteiger partial charge >= 0.3 is 11.9 Å². The molecule has 0 aromatic heterocycles. The Balaban J connectivity index is 4.30. The van der Waals surface area contributed by atoms with Crippen molar-refractivity contribution in [1.29, 1.82) is 0 Å². The van der Waals surface area contributed by atoms with Crippen molar-refractivity contribution in [3.05, 3.63) is 24.3 Å². The maximum atomic E-state index is 12.7. The van der Waals surface area contributed by atoms with Gasteiger partial charge in [-0.05, 0) is 64.2 Å². The highest BCUT2D eigenvalue weighted by atomic mass is 31.2.